The first kappa shape index (κ1) is 15.0. The molecule has 0 bridgehead atoms. The van der Waals surface area contributed by atoms with Gasteiger partial charge in [0, 0.05) is 15.8 Å². The Morgan fingerprint density at radius 2 is 2.11 bits per heavy atom. The van der Waals surface area contributed by atoms with E-state index in [0.717, 1.165) is 12.8 Å². The van der Waals surface area contributed by atoms with E-state index < -0.39 is 5.60 Å². The van der Waals surface area contributed by atoms with Gasteiger partial charge in [0.2, 0.25) is 0 Å². The molecule has 0 aliphatic heterocycles. The predicted molar refractivity (Wildman–Crippen MR) is 76.2 cm³/mol. The van der Waals surface area contributed by atoms with Crippen molar-refractivity contribution in [3.8, 4) is 0 Å². The number of thiophene rings is 1. The molecule has 0 aromatic carbocycles. The number of carbonyl (C=O) groups is 1. The van der Waals surface area contributed by atoms with Crippen molar-refractivity contribution in [2.75, 3.05) is 0 Å². The molecule has 0 aliphatic carbocycles. The number of aryl methyl sites for hydroxylation is 2. The Labute approximate surface area is 114 Å². The first-order valence-electron chi connectivity index (χ1n) is 6.31. The Morgan fingerprint density at radius 3 is 2.61 bits per heavy atom. The molecule has 102 valence electrons. The fraction of sp³-hybridized carbons (Fsp3) is 0.643. The van der Waals surface area contributed by atoms with Crippen LogP contribution >= 0.6 is 11.3 Å². The van der Waals surface area contributed by atoms with Gasteiger partial charge in [-0.3, -0.25) is 0 Å². The van der Waals surface area contributed by atoms with Crippen LogP contribution in [-0.4, -0.2) is 17.7 Å². The van der Waals surface area contributed by atoms with Gasteiger partial charge in [0.25, 0.3) is 0 Å². The first-order chi connectivity index (χ1) is 8.26. The minimum Gasteiger partial charge on any atom is -0.444 e. The molecule has 1 heterocycles. The maximum atomic E-state index is 11.6. The highest BCUT2D eigenvalue weighted by Crippen LogP contribution is 2.17. The molecule has 1 aromatic rings. The summed E-state index contributed by atoms with van der Waals surface area (Å²) in [6, 6.07) is 4.41. The van der Waals surface area contributed by atoms with Gasteiger partial charge in [0.1, 0.15) is 5.60 Å². The molecule has 1 rings (SSSR count). The highest BCUT2D eigenvalue weighted by Gasteiger charge is 2.17. The number of rotatable bonds is 4. The molecule has 0 aliphatic rings. The molecular weight excluding hydrogens is 246 g/mol. The fourth-order valence-electron chi connectivity index (χ4n) is 1.56. The summed E-state index contributed by atoms with van der Waals surface area (Å²) in [6.45, 7) is 9.71. The van der Waals surface area contributed by atoms with Crippen LogP contribution in [0.4, 0.5) is 4.79 Å². The Hall–Kier alpha value is -1.03. The Kier molecular flexibility index (Phi) is 5.20. The number of carbonyl (C=O) groups excluding carboxylic acids is 1. The maximum Gasteiger partial charge on any atom is 0.407 e. The van der Waals surface area contributed by atoms with Gasteiger partial charge in [0.05, 0.1) is 0 Å². The van der Waals surface area contributed by atoms with E-state index in [1.165, 1.54) is 9.75 Å². The van der Waals surface area contributed by atoms with Crippen LogP contribution in [0, 0.1) is 6.92 Å². The van der Waals surface area contributed by atoms with Crippen LogP contribution in [0.15, 0.2) is 12.1 Å². The molecule has 1 atom stereocenters. The predicted octanol–water partition coefficient (Wildman–Crippen LogP) is 3.90. The molecule has 0 saturated carbocycles. The van der Waals surface area contributed by atoms with Gasteiger partial charge in [-0.15, -0.1) is 11.3 Å². The minimum atomic E-state index is -0.436. The topological polar surface area (TPSA) is 38.3 Å². The molecule has 18 heavy (non-hydrogen) atoms. The Bertz CT molecular complexity index is 393. The van der Waals surface area contributed by atoms with Gasteiger partial charge < -0.3 is 10.1 Å². The second-order valence-electron chi connectivity index (χ2n) is 5.60. The van der Waals surface area contributed by atoms with Gasteiger partial charge in [-0.1, -0.05) is 0 Å². The van der Waals surface area contributed by atoms with Crippen LogP contribution in [0.5, 0.6) is 0 Å². The third-order valence-corrected chi connectivity index (χ3v) is 3.44. The summed E-state index contributed by atoms with van der Waals surface area (Å²) in [6.07, 6.45) is 1.59. The van der Waals surface area contributed by atoms with Crippen LogP contribution in [0.2, 0.25) is 0 Å². The number of amides is 1. The lowest BCUT2D eigenvalue weighted by Gasteiger charge is -2.21. The smallest absolute Gasteiger partial charge is 0.407 e. The molecule has 0 radical (unpaired) electrons. The van der Waals surface area contributed by atoms with Crippen molar-refractivity contribution in [2.45, 2.75) is 59.1 Å². The van der Waals surface area contributed by atoms with Crippen LogP contribution in [0.3, 0.4) is 0 Å². The van der Waals surface area contributed by atoms with E-state index in [1.54, 1.807) is 0 Å². The summed E-state index contributed by atoms with van der Waals surface area (Å²) >= 11 is 1.81. The summed E-state index contributed by atoms with van der Waals surface area (Å²) in [5.74, 6) is 0. The lowest BCUT2D eigenvalue weighted by atomic mass is 10.1. The second kappa shape index (κ2) is 6.23. The van der Waals surface area contributed by atoms with Gasteiger partial charge in [-0.25, -0.2) is 4.79 Å². The average molecular weight is 269 g/mol. The van der Waals surface area contributed by atoms with Gasteiger partial charge in [0.15, 0.2) is 0 Å². The zero-order valence-electron chi connectivity index (χ0n) is 11.9. The number of nitrogens with one attached hydrogen (secondary N) is 1. The van der Waals surface area contributed by atoms with Gasteiger partial charge in [-0.2, -0.15) is 0 Å². The summed E-state index contributed by atoms with van der Waals surface area (Å²) in [5, 5.41) is 2.86. The van der Waals surface area contributed by atoms with Crippen molar-refractivity contribution in [3.05, 3.63) is 21.9 Å². The molecule has 3 nitrogen and oxygen atoms in total. The van der Waals surface area contributed by atoms with Crippen molar-refractivity contribution >= 4 is 17.4 Å². The SMILES string of the molecule is Cc1ccc(CCC(C)NC(=O)OC(C)(C)C)s1. The third kappa shape index (κ3) is 6.05. The average Bonchev–Trinajstić information content (AvgIpc) is 2.58. The van der Waals surface area contributed by atoms with Crippen LogP contribution in [-0.2, 0) is 11.2 Å². The van der Waals surface area contributed by atoms with Gasteiger partial charge >= 0.3 is 6.09 Å². The van der Waals surface area contributed by atoms with Gasteiger partial charge in [-0.05, 0) is 59.6 Å². The summed E-state index contributed by atoms with van der Waals surface area (Å²) < 4.78 is 5.22. The second-order valence-corrected chi connectivity index (χ2v) is 6.97. The van der Waals surface area contributed by atoms with Crippen molar-refractivity contribution in [1.29, 1.82) is 0 Å². The molecule has 0 spiro atoms. The molecule has 4 heteroatoms. The maximum absolute atomic E-state index is 11.6. The van der Waals surface area contributed by atoms with E-state index in [4.69, 9.17) is 4.74 Å². The Morgan fingerprint density at radius 1 is 1.44 bits per heavy atom. The van der Waals surface area contributed by atoms with E-state index >= 15 is 0 Å². The standard InChI is InChI=1S/C14H23NO2S/c1-10(15-13(16)17-14(3,4)5)6-8-12-9-7-11(2)18-12/h7,9-10H,6,8H2,1-5H3,(H,15,16). The number of alkyl carbamates (subject to hydrolysis) is 1. The molecule has 1 amide bonds. The largest absolute Gasteiger partial charge is 0.444 e. The lowest BCUT2D eigenvalue weighted by Crippen LogP contribution is -2.37. The number of hydrogen-bond acceptors (Lipinski definition) is 3. The van der Waals surface area contributed by atoms with Crippen LogP contribution < -0.4 is 5.32 Å². The lowest BCUT2D eigenvalue weighted by molar-refractivity contribution is 0.0506. The first-order valence-corrected chi connectivity index (χ1v) is 7.13. The van der Waals surface area contributed by atoms with E-state index in [9.17, 15) is 4.79 Å². The normalized spacial score (nSPS) is 13.2. The van der Waals surface area contributed by atoms with E-state index in [-0.39, 0.29) is 12.1 Å². The summed E-state index contributed by atoms with van der Waals surface area (Å²) in [5.41, 5.74) is -0.436. The molecule has 1 N–H and O–H groups in total. The van der Waals surface area contributed by atoms with Crippen LogP contribution in [0.1, 0.15) is 43.9 Å². The highest BCUT2D eigenvalue weighted by molar-refractivity contribution is 7.11. The van der Waals surface area contributed by atoms with Crippen molar-refractivity contribution in [3.63, 3.8) is 0 Å². The zero-order chi connectivity index (χ0) is 13.8. The van der Waals surface area contributed by atoms with Crippen molar-refractivity contribution in [2.24, 2.45) is 0 Å². The summed E-state index contributed by atoms with van der Waals surface area (Å²) in [7, 11) is 0. The highest BCUT2D eigenvalue weighted by atomic mass is 32.1. The molecule has 0 saturated heterocycles. The van der Waals surface area contributed by atoms with Crippen molar-refractivity contribution < 1.29 is 9.53 Å². The van der Waals surface area contributed by atoms with E-state index in [2.05, 4.69) is 24.4 Å². The molecule has 1 aromatic heterocycles. The fourth-order valence-corrected chi connectivity index (χ4v) is 2.46. The zero-order valence-corrected chi connectivity index (χ0v) is 12.7. The number of ether oxygens (including phenoxy) is 1. The molecule has 1 unspecified atom stereocenters. The Balaban J connectivity index is 2.29. The minimum absolute atomic E-state index is 0.127. The van der Waals surface area contributed by atoms with Crippen LogP contribution in [0.25, 0.3) is 0 Å². The summed E-state index contributed by atoms with van der Waals surface area (Å²) in [4.78, 5) is 14.3. The van der Waals surface area contributed by atoms with Crippen molar-refractivity contribution in [1.82, 2.24) is 5.32 Å². The third-order valence-electron chi connectivity index (χ3n) is 2.38. The number of hydrogen-bond donors (Lipinski definition) is 1. The molecule has 0 fully saturated rings. The molecular formula is C14H23NO2S. The van der Waals surface area contributed by atoms with E-state index in [0.29, 0.717) is 0 Å². The monoisotopic (exact) mass is 269 g/mol. The van der Waals surface area contributed by atoms with E-state index in [1.807, 2.05) is 39.0 Å². The quantitative estimate of drug-likeness (QED) is 0.900.